The average molecular weight is 483 g/mol. The first kappa shape index (κ1) is 24.2. The first-order valence-corrected chi connectivity index (χ1v) is 10.8. The number of nitrogens with one attached hydrogen (secondary N) is 2. The number of primary amides is 1. The van der Waals surface area contributed by atoms with E-state index < -0.39 is 30.4 Å². The summed E-state index contributed by atoms with van der Waals surface area (Å²) in [4.78, 5) is 30.9. The second-order valence-electron chi connectivity index (χ2n) is 7.79. The zero-order valence-electron chi connectivity index (χ0n) is 18.5. The summed E-state index contributed by atoms with van der Waals surface area (Å²) < 4.78 is 12.4. The topological polar surface area (TPSA) is 187 Å². The van der Waals surface area contributed by atoms with E-state index in [9.17, 15) is 19.8 Å². The Bertz CT molecular complexity index is 1140. The Morgan fingerprint density at radius 1 is 1.11 bits per heavy atom. The lowest BCUT2D eigenvalue weighted by Crippen LogP contribution is -2.37. The molecule has 13 heteroatoms. The summed E-state index contributed by atoms with van der Waals surface area (Å²) in [6.07, 6.45) is -1.33. The summed E-state index contributed by atoms with van der Waals surface area (Å²) in [5.41, 5.74) is 6.07. The predicted molar refractivity (Wildman–Crippen MR) is 121 cm³/mol. The zero-order chi connectivity index (χ0) is 24.8. The third-order valence-corrected chi connectivity index (χ3v) is 5.23. The second-order valence-corrected chi connectivity index (χ2v) is 7.79. The van der Waals surface area contributed by atoms with Gasteiger partial charge < -0.3 is 36.1 Å². The first-order chi connectivity index (χ1) is 16.9. The van der Waals surface area contributed by atoms with E-state index in [0.717, 1.165) is 10.2 Å². The highest BCUT2D eigenvalue weighted by molar-refractivity contribution is 5.90. The van der Waals surface area contributed by atoms with E-state index in [-0.39, 0.29) is 24.9 Å². The van der Waals surface area contributed by atoms with Crippen LogP contribution >= 0.6 is 0 Å². The van der Waals surface area contributed by atoms with Gasteiger partial charge in [-0.3, -0.25) is 9.59 Å². The Morgan fingerprint density at radius 3 is 2.60 bits per heavy atom. The lowest BCUT2D eigenvalue weighted by Gasteiger charge is -2.15. The monoisotopic (exact) mass is 483 g/mol. The number of rotatable bonds is 10. The van der Waals surface area contributed by atoms with E-state index in [4.69, 9.17) is 15.2 Å². The van der Waals surface area contributed by atoms with Crippen LogP contribution in [0.1, 0.15) is 22.4 Å². The molecule has 0 radical (unpaired) electrons. The highest BCUT2D eigenvalue weighted by atomic mass is 16.6. The van der Waals surface area contributed by atoms with Crippen LogP contribution in [0.15, 0.2) is 55.0 Å². The fraction of sp³-hybridized carbons (Fsp3) is 0.318. The van der Waals surface area contributed by atoms with Gasteiger partial charge in [0.2, 0.25) is 5.82 Å². The van der Waals surface area contributed by atoms with Crippen LogP contribution < -0.4 is 21.1 Å². The maximum atomic E-state index is 11.9. The number of ether oxygens (including phenoxy) is 2. The van der Waals surface area contributed by atoms with E-state index in [1.807, 2.05) is 12.1 Å². The molecule has 1 saturated heterocycles. The van der Waals surface area contributed by atoms with Gasteiger partial charge in [-0.05, 0) is 29.8 Å². The molecule has 13 nitrogen and oxygen atoms in total. The number of nitrogens with zero attached hydrogens (tertiary/aromatic N) is 4. The molecule has 1 fully saturated rings. The third-order valence-electron chi connectivity index (χ3n) is 5.23. The maximum absolute atomic E-state index is 11.9. The van der Waals surface area contributed by atoms with Crippen LogP contribution in [0, 0.1) is 0 Å². The van der Waals surface area contributed by atoms with Crippen LogP contribution in [0.5, 0.6) is 5.75 Å². The molecule has 4 atom stereocenters. The number of nitrogens with two attached hydrogens (primary N) is 1. The number of benzene rings is 1. The lowest BCUT2D eigenvalue weighted by atomic mass is 10.1. The third kappa shape index (κ3) is 6.16. The standard InChI is InChI=1S/C22H25N7O6/c23-20(33)21-26-12-29(28-21)22-19(32)18(31)15(35-22)10-24-9-13-4-6-14(7-5-13)34-11-17(30)27-16-3-1-2-8-25-16/h1-8,12,15,18-19,22,24,31-32H,9-11H2,(H2,23,33)(H,25,27,30)/t15-,18-,19-,22-/m1/s1. The summed E-state index contributed by atoms with van der Waals surface area (Å²) in [6.45, 7) is 0.558. The van der Waals surface area contributed by atoms with Crippen molar-refractivity contribution in [1.29, 1.82) is 0 Å². The van der Waals surface area contributed by atoms with Crippen LogP contribution in [0.3, 0.4) is 0 Å². The number of aliphatic hydroxyl groups is 2. The van der Waals surface area contributed by atoms with Crippen LogP contribution in [0.4, 0.5) is 5.82 Å². The zero-order valence-corrected chi connectivity index (χ0v) is 18.5. The van der Waals surface area contributed by atoms with Gasteiger partial charge in [-0.15, -0.1) is 5.10 Å². The number of amides is 2. The minimum absolute atomic E-state index is 0.152. The predicted octanol–water partition coefficient (Wildman–Crippen LogP) is -0.801. The number of pyridine rings is 1. The molecular formula is C22H25N7O6. The highest BCUT2D eigenvalue weighted by Gasteiger charge is 2.44. The molecule has 3 aromatic rings. The maximum Gasteiger partial charge on any atom is 0.288 e. The number of aromatic nitrogens is 4. The molecule has 184 valence electrons. The van der Waals surface area contributed by atoms with Crippen molar-refractivity contribution < 1.29 is 29.3 Å². The Labute approximate surface area is 199 Å². The van der Waals surface area contributed by atoms with E-state index in [2.05, 4.69) is 25.7 Å². The molecule has 2 amide bonds. The van der Waals surface area contributed by atoms with Gasteiger partial charge in [-0.25, -0.2) is 14.6 Å². The fourth-order valence-corrected chi connectivity index (χ4v) is 3.45. The molecule has 0 saturated carbocycles. The highest BCUT2D eigenvalue weighted by Crippen LogP contribution is 2.28. The van der Waals surface area contributed by atoms with Crippen LogP contribution in [0.25, 0.3) is 0 Å². The summed E-state index contributed by atoms with van der Waals surface area (Å²) in [5.74, 6) is -0.345. The van der Waals surface area contributed by atoms with Crippen molar-refractivity contribution in [2.45, 2.75) is 31.1 Å². The molecule has 0 aliphatic carbocycles. The minimum Gasteiger partial charge on any atom is -0.484 e. The molecule has 1 aliphatic rings. The van der Waals surface area contributed by atoms with E-state index >= 15 is 0 Å². The van der Waals surface area contributed by atoms with E-state index in [0.29, 0.717) is 18.1 Å². The number of aliphatic hydroxyl groups excluding tert-OH is 2. The van der Waals surface area contributed by atoms with Crippen molar-refractivity contribution in [3.05, 3.63) is 66.4 Å². The number of carbonyl (C=O) groups is 2. The van der Waals surface area contributed by atoms with Crippen LogP contribution in [0.2, 0.25) is 0 Å². The Hall–Kier alpha value is -3.91. The molecule has 4 rings (SSSR count). The molecule has 0 bridgehead atoms. The molecule has 1 aromatic carbocycles. The van der Waals surface area contributed by atoms with E-state index in [1.54, 1.807) is 36.5 Å². The van der Waals surface area contributed by atoms with Crippen molar-refractivity contribution in [1.82, 2.24) is 25.1 Å². The van der Waals surface area contributed by atoms with Crippen molar-refractivity contribution in [2.24, 2.45) is 5.73 Å². The minimum atomic E-state index is -1.25. The average Bonchev–Trinajstić information content (AvgIpc) is 3.45. The number of hydrogen-bond acceptors (Lipinski definition) is 10. The number of hydrogen-bond donors (Lipinski definition) is 5. The van der Waals surface area contributed by atoms with Crippen molar-refractivity contribution in [3.63, 3.8) is 0 Å². The number of carbonyl (C=O) groups excluding carboxylic acids is 2. The molecular weight excluding hydrogens is 458 g/mol. The van der Waals surface area contributed by atoms with Crippen molar-refractivity contribution in [3.8, 4) is 5.75 Å². The van der Waals surface area contributed by atoms with Gasteiger partial charge in [0.1, 0.15) is 36.2 Å². The largest absolute Gasteiger partial charge is 0.484 e. The molecule has 1 aliphatic heterocycles. The molecule has 3 heterocycles. The Morgan fingerprint density at radius 2 is 1.91 bits per heavy atom. The van der Waals surface area contributed by atoms with Gasteiger partial charge in [0.15, 0.2) is 12.8 Å². The second kappa shape index (κ2) is 11.0. The van der Waals surface area contributed by atoms with Gasteiger partial charge in [0.05, 0.1) is 0 Å². The smallest absolute Gasteiger partial charge is 0.288 e. The van der Waals surface area contributed by atoms with Gasteiger partial charge in [0, 0.05) is 19.3 Å². The molecule has 6 N–H and O–H groups in total. The molecule has 0 spiro atoms. The number of anilines is 1. The van der Waals surface area contributed by atoms with Gasteiger partial charge >= 0.3 is 0 Å². The quantitative estimate of drug-likeness (QED) is 0.244. The van der Waals surface area contributed by atoms with Crippen LogP contribution in [-0.2, 0) is 16.1 Å². The van der Waals surface area contributed by atoms with Crippen molar-refractivity contribution in [2.75, 3.05) is 18.5 Å². The van der Waals surface area contributed by atoms with Crippen molar-refractivity contribution >= 4 is 17.6 Å². The van der Waals surface area contributed by atoms with Gasteiger partial charge in [-0.1, -0.05) is 18.2 Å². The normalized spacial score (nSPS) is 21.5. The summed E-state index contributed by atoms with van der Waals surface area (Å²) in [6, 6.07) is 12.4. The summed E-state index contributed by atoms with van der Waals surface area (Å²) >= 11 is 0. The molecule has 2 aromatic heterocycles. The summed E-state index contributed by atoms with van der Waals surface area (Å²) in [5, 5.41) is 30.3. The SMILES string of the molecule is NC(=O)c1ncn([C@@H]2O[C@H](CNCc3ccc(OCC(=O)Nc4ccccn4)cc3)[C@@H](O)[C@H]2O)n1. The Balaban J connectivity index is 1.21. The molecule has 0 unspecified atom stereocenters. The molecule has 35 heavy (non-hydrogen) atoms. The fourth-order valence-electron chi connectivity index (χ4n) is 3.45. The Kier molecular flexibility index (Phi) is 7.62. The van der Waals surface area contributed by atoms with Crippen LogP contribution in [-0.4, -0.2) is 73.2 Å². The van der Waals surface area contributed by atoms with Gasteiger partial charge in [-0.2, -0.15) is 0 Å². The lowest BCUT2D eigenvalue weighted by molar-refractivity contribution is -0.118. The van der Waals surface area contributed by atoms with Gasteiger partial charge in [0.25, 0.3) is 11.8 Å². The summed E-state index contributed by atoms with van der Waals surface area (Å²) in [7, 11) is 0. The van der Waals surface area contributed by atoms with E-state index in [1.165, 1.54) is 6.33 Å². The first-order valence-electron chi connectivity index (χ1n) is 10.8.